The van der Waals surface area contributed by atoms with E-state index >= 15 is 0 Å². The smallest absolute Gasteiger partial charge is 0.0630 e. The first-order chi connectivity index (χ1) is 17.7. The maximum absolute atomic E-state index is 6.98. The third-order valence-corrected chi connectivity index (χ3v) is 12.0. The Bertz CT molecular complexity index is 1310. The molecule has 0 N–H and O–H groups in total. The van der Waals surface area contributed by atoms with Gasteiger partial charge >= 0.3 is 0 Å². The quantitative estimate of drug-likeness (QED) is 0.173. The molecule has 0 amide bonds. The average molecular weight is 543 g/mol. The van der Waals surface area contributed by atoms with Crippen molar-refractivity contribution >= 4 is 60.3 Å². The largest absolute Gasteiger partial charge is 0.0827 e. The van der Waals surface area contributed by atoms with Gasteiger partial charge in [-0.15, -0.1) is 0 Å². The van der Waals surface area contributed by atoms with Gasteiger partial charge in [0.1, 0.15) is 0 Å². The Kier molecular flexibility index (Phi) is 8.53. The van der Waals surface area contributed by atoms with Crippen molar-refractivity contribution < 1.29 is 0 Å². The third kappa shape index (κ3) is 5.91. The lowest BCUT2D eigenvalue weighted by atomic mass is 10.1. The highest BCUT2D eigenvalue weighted by atomic mass is 35.5. The number of hydrogen-bond donors (Lipinski definition) is 0. The van der Waals surface area contributed by atoms with Crippen LogP contribution in [0.3, 0.4) is 0 Å². The minimum atomic E-state index is -0.641. The second-order valence-electron chi connectivity index (χ2n) is 8.51. The Morgan fingerprint density at radius 3 is 1.17 bits per heavy atom. The molecule has 0 radical (unpaired) electrons. The molecule has 0 fully saturated rings. The first-order valence-electron chi connectivity index (χ1n) is 11.9. The van der Waals surface area contributed by atoms with Gasteiger partial charge in [0.25, 0.3) is 0 Å². The van der Waals surface area contributed by atoms with E-state index in [2.05, 4.69) is 127 Å². The maximum Gasteiger partial charge on any atom is 0.0630 e. The zero-order valence-electron chi connectivity index (χ0n) is 19.8. The van der Waals surface area contributed by atoms with Crippen LogP contribution in [-0.2, 0) is 12.3 Å². The Hall–Kier alpha value is -2.46. The van der Waals surface area contributed by atoms with Crippen LogP contribution in [0.15, 0.2) is 133 Å². The number of rotatable bonds is 8. The molecule has 0 nitrogen and oxygen atoms in total. The van der Waals surface area contributed by atoms with Gasteiger partial charge in [-0.3, -0.25) is 0 Å². The Morgan fingerprint density at radius 1 is 0.417 bits per heavy atom. The lowest BCUT2D eigenvalue weighted by molar-refractivity contribution is 1.27. The molecule has 0 bridgehead atoms. The first-order valence-corrected chi connectivity index (χ1v) is 15.7. The second kappa shape index (κ2) is 12.2. The highest BCUT2D eigenvalue weighted by Gasteiger charge is 2.22. The first kappa shape index (κ1) is 25.2. The van der Waals surface area contributed by atoms with Crippen molar-refractivity contribution in [2.75, 3.05) is 0 Å². The van der Waals surface area contributed by atoms with Gasteiger partial charge in [0.05, 0.1) is 10.0 Å². The van der Waals surface area contributed by atoms with Gasteiger partial charge < -0.3 is 0 Å². The van der Waals surface area contributed by atoms with Crippen LogP contribution in [0.4, 0.5) is 0 Å². The lowest BCUT2D eigenvalue weighted by Gasteiger charge is -2.24. The van der Waals surface area contributed by atoms with Gasteiger partial charge in [-0.2, -0.15) is 0 Å². The highest BCUT2D eigenvalue weighted by Crippen LogP contribution is 2.46. The van der Waals surface area contributed by atoms with Gasteiger partial charge in [-0.05, 0) is 54.3 Å². The van der Waals surface area contributed by atoms with Gasteiger partial charge in [0.15, 0.2) is 0 Å². The van der Waals surface area contributed by atoms with Crippen molar-refractivity contribution in [1.29, 1.82) is 0 Å². The standard InChI is InChI=1S/C32H26Cl2P2/c33-31-22-21-25(23-35(26-13-5-1-6-14-26)27-15-7-2-8-16-27)30(32(31)34)24-36(28-17-9-3-10-18-28)29-19-11-4-12-20-29/h1-22H,23-24H2. The Labute approximate surface area is 226 Å². The molecule has 178 valence electrons. The summed E-state index contributed by atoms with van der Waals surface area (Å²) < 4.78 is 0. The van der Waals surface area contributed by atoms with E-state index in [1.165, 1.54) is 32.3 Å². The molecule has 0 aromatic heterocycles. The maximum atomic E-state index is 6.98. The summed E-state index contributed by atoms with van der Waals surface area (Å²) in [4.78, 5) is 0. The molecule has 0 aliphatic carbocycles. The summed E-state index contributed by atoms with van der Waals surface area (Å²) in [5.74, 6) is 0. The van der Waals surface area contributed by atoms with Gasteiger partial charge in [0, 0.05) is 12.3 Å². The van der Waals surface area contributed by atoms with E-state index in [9.17, 15) is 0 Å². The molecule has 0 saturated carbocycles. The summed E-state index contributed by atoms with van der Waals surface area (Å²) >= 11 is 13.6. The van der Waals surface area contributed by atoms with Crippen LogP contribution in [0, 0.1) is 0 Å². The van der Waals surface area contributed by atoms with E-state index in [0.717, 1.165) is 12.3 Å². The summed E-state index contributed by atoms with van der Waals surface area (Å²) in [6.45, 7) is 0. The van der Waals surface area contributed by atoms with E-state index in [1.54, 1.807) is 0 Å². The minimum absolute atomic E-state index is 0.593. The van der Waals surface area contributed by atoms with Crippen LogP contribution < -0.4 is 21.2 Å². The lowest BCUT2D eigenvalue weighted by Crippen LogP contribution is -2.16. The van der Waals surface area contributed by atoms with E-state index in [1.807, 2.05) is 6.07 Å². The highest BCUT2D eigenvalue weighted by molar-refractivity contribution is 7.72. The predicted octanol–water partition coefficient (Wildman–Crippen LogP) is 8.26. The average Bonchev–Trinajstić information content (AvgIpc) is 2.95. The third-order valence-electron chi connectivity index (χ3n) is 6.21. The van der Waals surface area contributed by atoms with Crippen molar-refractivity contribution in [3.05, 3.63) is 155 Å². The topological polar surface area (TPSA) is 0 Å². The Balaban J connectivity index is 1.58. The van der Waals surface area contributed by atoms with Gasteiger partial charge in [0.2, 0.25) is 0 Å². The number of hydrogen-bond acceptors (Lipinski definition) is 0. The molecule has 0 saturated heterocycles. The van der Waals surface area contributed by atoms with Crippen molar-refractivity contribution in [2.45, 2.75) is 12.3 Å². The van der Waals surface area contributed by atoms with Crippen LogP contribution in [0.25, 0.3) is 0 Å². The summed E-state index contributed by atoms with van der Waals surface area (Å²) in [7, 11) is -1.23. The SMILES string of the molecule is Clc1ccc(CP(c2ccccc2)c2ccccc2)c(CP(c2ccccc2)c2ccccc2)c1Cl. The van der Waals surface area contributed by atoms with Crippen molar-refractivity contribution in [3.8, 4) is 0 Å². The summed E-state index contributed by atoms with van der Waals surface area (Å²) in [5.41, 5.74) is 2.45. The van der Waals surface area contributed by atoms with Crippen molar-refractivity contribution in [1.82, 2.24) is 0 Å². The van der Waals surface area contributed by atoms with Crippen LogP contribution >= 0.6 is 39.0 Å². The normalized spacial score (nSPS) is 11.2. The molecule has 0 aliphatic heterocycles. The summed E-state index contributed by atoms with van der Waals surface area (Å²) in [6.07, 6.45) is 1.77. The second-order valence-corrected chi connectivity index (χ2v) is 13.7. The van der Waals surface area contributed by atoms with Gasteiger partial charge in [-0.1, -0.05) is 151 Å². The predicted molar refractivity (Wildman–Crippen MR) is 162 cm³/mol. The molecular formula is C32H26Cl2P2. The number of halogens is 2. The molecule has 0 unspecified atom stereocenters. The number of benzene rings is 5. The van der Waals surface area contributed by atoms with E-state index in [0.29, 0.717) is 10.0 Å². The molecule has 0 aliphatic rings. The molecule has 4 heteroatoms. The summed E-state index contributed by atoms with van der Waals surface area (Å²) in [5, 5.41) is 6.72. The van der Waals surface area contributed by atoms with Gasteiger partial charge in [-0.25, -0.2) is 0 Å². The fraction of sp³-hybridized carbons (Fsp3) is 0.0625. The molecule has 0 spiro atoms. The fourth-order valence-corrected chi connectivity index (χ4v) is 9.67. The molecule has 36 heavy (non-hydrogen) atoms. The van der Waals surface area contributed by atoms with Crippen LogP contribution in [0.2, 0.25) is 10.0 Å². The fourth-order valence-electron chi connectivity index (χ4n) is 4.38. The molecule has 0 atom stereocenters. The van der Waals surface area contributed by atoms with E-state index < -0.39 is 15.8 Å². The van der Waals surface area contributed by atoms with Crippen molar-refractivity contribution in [3.63, 3.8) is 0 Å². The zero-order valence-corrected chi connectivity index (χ0v) is 23.1. The van der Waals surface area contributed by atoms with Crippen LogP contribution in [0.1, 0.15) is 11.1 Å². The molecule has 5 aromatic carbocycles. The van der Waals surface area contributed by atoms with E-state index in [-0.39, 0.29) is 0 Å². The molecular weight excluding hydrogens is 517 g/mol. The zero-order chi connectivity index (χ0) is 24.7. The Morgan fingerprint density at radius 2 is 0.778 bits per heavy atom. The van der Waals surface area contributed by atoms with Crippen LogP contribution in [0.5, 0.6) is 0 Å². The molecule has 5 rings (SSSR count). The molecule has 0 heterocycles. The van der Waals surface area contributed by atoms with Crippen molar-refractivity contribution in [2.24, 2.45) is 0 Å². The summed E-state index contributed by atoms with van der Waals surface area (Å²) in [6, 6.07) is 47.4. The molecule has 5 aromatic rings. The minimum Gasteiger partial charge on any atom is -0.0827 e. The van der Waals surface area contributed by atoms with Crippen LogP contribution in [-0.4, -0.2) is 0 Å². The monoisotopic (exact) mass is 542 g/mol. The van der Waals surface area contributed by atoms with E-state index in [4.69, 9.17) is 23.2 Å².